The Bertz CT molecular complexity index is 2170. The summed E-state index contributed by atoms with van der Waals surface area (Å²) in [6, 6.07) is 0. The van der Waals surface area contributed by atoms with E-state index in [1.807, 2.05) is 26.0 Å². The highest BCUT2D eigenvalue weighted by Crippen LogP contribution is 2.78. The van der Waals surface area contributed by atoms with E-state index in [1.165, 1.54) is 32.1 Å². The van der Waals surface area contributed by atoms with E-state index in [2.05, 4.69) is 41.5 Å². The molecule has 0 heterocycles. The molecule has 14 atom stereocenters. The van der Waals surface area contributed by atoms with Gasteiger partial charge in [-0.15, -0.1) is 0 Å². The van der Waals surface area contributed by atoms with Crippen LogP contribution in [-0.2, 0) is 28.7 Å². The number of Topliss-reactive ketones (excluding diaryl/α,β-unsaturated/α-hetero) is 2. The van der Waals surface area contributed by atoms with E-state index in [-0.39, 0.29) is 84.1 Å². The van der Waals surface area contributed by atoms with E-state index in [4.69, 9.17) is 9.47 Å². The van der Waals surface area contributed by atoms with Gasteiger partial charge in [-0.1, -0.05) is 144 Å². The van der Waals surface area contributed by atoms with Crippen LogP contribution < -0.4 is 0 Å². The van der Waals surface area contributed by atoms with E-state index in [0.717, 1.165) is 44.9 Å². The van der Waals surface area contributed by atoms with Gasteiger partial charge in [0.2, 0.25) is 0 Å². The molecule has 0 saturated heterocycles. The molecular formula is C58H88O12. The molecule has 0 aromatic heterocycles. The summed E-state index contributed by atoms with van der Waals surface area (Å²) in [4.78, 5) is 51.9. The van der Waals surface area contributed by atoms with Crippen molar-refractivity contribution in [1.29, 1.82) is 0 Å². The summed E-state index contributed by atoms with van der Waals surface area (Å²) in [5, 5.41) is 67.9. The average molecular weight is 977 g/mol. The predicted molar refractivity (Wildman–Crippen MR) is 267 cm³/mol. The molecule has 0 unspecified atom stereocenters. The number of ketones is 2. The molecule has 0 radical (unpaired) electrons. The molecule has 4 fully saturated rings. The zero-order valence-corrected chi connectivity index (χ0v) is 44.2. The number of esters is 2. The van der Waals surface area contributed by atoms with Gasteiger partial charge in [-0.25, -0.2) is 0 Å². The highest BCUT2D eigenvalue weighted by atomic mass is 16.6. The zero-order chi connectivity index (χ0) is 51.6. The van der Waals surface area contributed by atoms with Crippen molar-refractivity contribution in [2.24, 2.45) is 58.2 Å². The number of aliphatic hydroxyl groups is 6. The van der Waals surface area contributed by atoms with Gasteiger partial charge >= 0.3 is 11.9 Å². The minimum Gasteiger partial charge on any atom is -0.458 e. The number of carbonyl (C=O) groups excluding carboxylic acids is 4. The molecule has 0 amide bonds. The van der Waals surface area contributed by atoms with Gasteiger partial charge in [0.15, 0.2) is 11.6 Å². The summed E-state index contributed by atoms with van der Waals surface area (Å²) in [5.41, 5.74) is -6.39. The van der Waals surface area contributed by atoms with E-state index in [1.54, 1.807) is 26.0 Å². The monoisotopic (exact) mass is 977 g/mol. The van der Waals surface area contributed by atoms with Crippen LogP contribution in [0.5, 0.6) is 0 Å². The Hall–Kier alpha value is -3.00. The second-order valence-electron chi connectivity index (χ2n) is 24.7. The quantitative estimate of drug-likeness (QED) is 0.0434. The van der Waals surface area contributed by atoms with E-state index in [0.29, 0.717) is 48.0 Å². The third-order valence-electron chi connectivity index (χ3n) is 19.8. The largest absolute Gasteiger partial charge is 0.458 e. The van der Waals surface area contributed by atoms with Crippen LogP contribution in [0.1, 0.15) is 185 Å². The lowest BCUT2D eigenvalue weighted by Crippen LogP contribution is -2.61. The van der Waals surface area contributed by atoms with Gasteiger partial charge in [-0.3, -0.25) is 19.2 Å². The smallest absolute Gasteiger partial charge is 0.306 e. The third-order valence-corrected chi connectivity index (χ3v) is 19.8. The van der Waals surface area contributed by atoms with E-state index >= 15 is 0 Å². The Balaban J connectivity index is 0.000000207. The van der Waals surface area contributed by atoms with Crippen LogP contribution in [-0.4, -0.2) is 101 Å². The van der Waals surface area contributed by atoms with Crippen LogP contribution in [0.3, 0.4) is 0 Å². The van der Waals surface area contributed by atoms with Gasteiger partial charge in [0.05, 0.1) is 24.4 Å². The van der Waals surface area contributed by atoms with Gasteiger partial charge in [0.1, 0.15) is 22.4 Å². The van der Waals surface area contributed by atoms with Gasteiger partial charge < -0.3 is 40.1 Å². The number of fused-ring (bicyclic) bond motifs is 10. The number of aliphatic hydroxyl groups excluding tert-OH is 2. The highest BCUT2D eigenvalue weighted by molar-refractivity contribution is 6.05. The maximum absolute atomic E-state index is 13.0. The molecule has 8 aliphatic carbocycles. The maximum Gasteiger partial charge on any atom is 0.306 e. The molecule has 0 aromatic carbocycles. The Morgan fingerprint density at radius 3 is 1.21 bits per heavy atom. The fraction of sp³-hybridized carbons (Fsp3) is 0.793. The van der Waals surface area contributed by atoms with Gasteiger partial charge in [-0.05, 0) is 73.7 Å². The number of unbranched alkanes of at least 4 members (excludes halogenated alkanes) is 10. The first-order valence-electron chi connectivity index (χ1n) is 27.2. The first kappa shape index (κ1) is 54.8. The molecule has 0 aromatic rings. The molecule has 0 spiro atoms. The van der Waals surface area contributed by atoms with Crippen molar-refractivity contribution in [3.8, 4) is 0 Å². The normalized spacial score (nSPS) is 41.2. The Morgan fingerprint density at radius 1 is 0.557 bits per heavy atom. The average Bonchev–Trinajstić information content (AvgIpc) is 3.91. The molecule has 8 rings (SSSR count). The zero-order valence-electron chi connectivity index (χ0n) is 44.2. The summed E-state index contributed by atoms with van der Waals surface area (Å²) in [6.07, 6.45) is 22.2. The molecule has 392 valence electrons. The Labute approximate surface area is 417 Å². The van der Waals surface area contributed by atoms with Crippen LogP contribution in [0.15, 0.2) is 46.6 Å². The summed E-state index contributed by atoms with van der Waals surface area (Å²) in [5.74, 6) is -4.50. The number of ether oxygens (including phenoxy) is 2. The lowest BCUT2D eigenvalue weighted by Gasteiger charge is -2.50. The lowest BCUT2D eigenvalue weighted by molar-refractivity contribution is -0.187. The molecule has 6 N–H and O–H groups in total. The number of carbonyl (C=O) groups is 4. The first-order chi connectivity index (χ1) is 32.8. The maximum atomic E-state index is 13.0. The summed E-state index contributed by atoms with van der Waals surface area (Å²) < 4.78 is 12.5. The molecule has 12 heteroatoms. The van der Waals surface area contributed by atoms with Crippen LogP contribution >= 0.6 is 0 Å². The number of hydrogen-bond donors (Lipinski definition) is 6. The van der Waals surface area contributed by atoms with Crippen LogP contribution in [0, 0.1) is 58.2 Å². The molecule has 70 heavy (non-hydrogen) atoms. The molecule has 0 aliphatic heterocycles. The van der Waals surface area contributed by atoms with Crippen LogP contribution in [0.4, 0.5) is 0 Å². The van der Waals surface area contributed by atoms with Gasteiger partial charge in [0.25, 0.3) is 0 Å². The molecule has 12 nitrogen and oxygen atoms in total. The number of hydrogen-bond acceptors (Lipinski definition) is 12. The predicted octanol–water partition coefficient (Wildman–Crippen LogP) is 8.52. The second-order valence-corrected chi connectivity index (χ2v) is 24.7. The van der Waals surface area contributed by atoms with Crippen molar-refractivity contribution < 1.29 is 59.3 Å². The fourth-order valence-corrected chi connectivity index (χ4v) is 15.8. The van der Waals surface area contributed by atoms with Crippen molar-refractivity contribution in [3.63, 3.8) is 0 Å². The van der Waals surface area contributed by atoms with Crippen molar-refractivity contribution in [3.05, 3.63) is 46.6 Å². The molecule has 4 saturated carbocycles. The minimum atomic E-state index is -1.76. The van der Waals surface area contributed by atoms with E-state index in [9.17, 15) is 49.8 Å². The van der Waals surface area contributed by atoms with Gasteiger partial charge in [0, 0.05) is 72.0 Å². The number of rotatable bonds is 18. The first-order valence-corrected chi connectivity index (χ1v) is 27.2. The highest BCUT2D eigenvalue weighted by Gasteiger charge is 2.84. The standard InChI is InChI=1S/C30H46O6.C28H42O6/c1-6-7-8-9-10-11-12-13-24(32)36-29-16-20(3)30(35)22(25(29)27(29,4)5)15-21(18-31)17-28(34)23(30)14-19(2)26(28)33;1-6-7-8-9-10-11-22(30)34-27-14-18(3)28(33)20(23(27)25(27,4)5)13-19(16-29)15-26(32)21(28)12-17(2)24(26)31/h14-15,20,22-23,25,31,34-35H,6-13,16-18H2,1-5H3;12-13,18,20-21,23,29,32-33H,6-11,14-16H2,1-5H3/t20-,22+,23-,25-,28-,29+,30-;18-,20+,21-,23-,26-,27+,28-/m11/s1. The Kier molecular flexibility index (Phi) is 15.4. The topological polar surface area (TPSA) is 208 Å². The summed E-state index contributed by atoms with van der Waals surface area (Å²) in [7, 11) is 0. The third kappa shape index (κ3) is 8.50. The second kappa shape index (κ2) is 19.7. The molecule has 0 bridgehead atoms. The van der Waals surface area contributed by atoms with Crippen molar-refractivity contribution in [1.82, 2.24) is 0 Å². The van der Waals surface area contributed by atoms with Crippen LogP contribution in [0.2, 0.25) is 0 Å². The fourth-order valence-electron chi connectivity index (χ4n) is 15.8. The summed E-state index contributed by atoms with van der Waals surface area (Å²) in [6.45, 7) is 19.3. The van der Waals surface area contributed by atoms with Crippen molar-refractivity contribution >= 4 is 23.5 Å². The van der Waals surface area contributed by atoms with E-state index < -0.39 is 57.3 Å². The molecular weight excluding hydrogens is 889 g/mol. The Morgan fingerprint density at radius 2 is 0.886 bits per heavy atom. The van der Waals surface area contributed by atoms with Crippen LogP contribution in [0.25, 0.3) is 0 Å². The SMILES string of the molecule is CCCCCCCC(=O)O[C@@]12C[C@@H](C)[C@@]3(O)[C@@H](C=C(CO)C[C@]4(O)C(=O)C(C)=C[C@@H]34)[C@@H]1C2(C)C.CCCCCCCCCC(=O)O[C@@]12C[C@@H](C)[C@@]3(O)[C@@H](C=C(CO)C[C@]4(O)C(=O)C(C)=C[C@@H]34)[C@@H]1C2(C)C. The van der Waals surface area contributed by atoms with Crippen molar-refractivity contribution in [2.45, 2.75) is 218 Å². The van der Waals surface area contributed by atoms with Gasteiger partial charge in [-0.2, -0.15) is 0 Å². The minimum absolute atomic E-state index is 0.00403. The molecule has 8 aliphatic rings. The van der Waals surface area contributed by atoms with Crippen molar-refractivity contribution in [2.75, 3.05) is 13.2 Å². The summed E-state index contributed by atoms with van der Waals surface area (Å²) >= 11 is 0. The lowest BCUT2D eigenvalue weighted by atomic mass is 9.60.